The zero-order valence-electron chi connectivity index (χ0n) is 18.2. The summed E-state index contributed by atoms with van der Waals surface area (Å²) in [6, 6.07) is 7.34. The van der Waals surface area contributed by atoms with Crippen LogP contribution in [-0.2, 0) is 29.7 Å². The molecule has 0 aliphatic carbocycles. The molecule has 0 radical (unpaired) electrons. The topological polar surface area (TPSA) is 161 Å². The van der Waals surface area contributed by atoms with Crippen molar-refractivity contribution >= 4 is 62.9 Å². The summed E-state index contributed by atoms with van der Waals surface area (Å²) in [7, 11) is -10.4. The van der Waals surface area contributed by atoms with Crippen LogP contribution >= 0.6 is 0 Å². The van der Waals surface area contributed by atoms with Crippen molar-refractivity contribution in [2.75, 3.05) is 13.2 Å². The summed E-state index contributed by atoms with van der Waals surface area (Å²) in [5.41, 5.74) is -2.16. The molecule has 0 fully saturated rings. The third kappa shape index (κ3) is 6.21. The monoisotopic (exact) mass is 508 g/mol. The van der Waals surface area contributed by atoms with Gasteiger partial charge in [0.15, 0.2) is 0 Å². The van der Waals surface area contributed by atoms with Crippen LogP contribution in [0.15, 0.2) is 40.1 Å². The van der Waals surface area contributed by atoms with Gasteiger partial charge in [0.05, 0.1) is 0 Å². The van der Waals surface area contributed by atoms with Crippen molar-refractivity contribution < 1.29 is 45.0 Å². The van der Waals surface area contributed by atoms with E-state index in [4.69, 9.17) is 9.47 Å². The van der Waals surface area contributed by atoms with Crippen LogP contribution < -0.4 is 2.81 Å². The van der Waals surface area contributed by atoms with Gasteiger partial charge in [-0.15, -0.1) is 0 Å². The Balaban J connectivity index is 3.23. The van der Waals surface area contributed by atoms with E-state index in [2.05, 4.69) is 0 Å². The molecule has 0 bridgehead atoms. The van der Waals surface area contributed by atoms with Crippen LogP contribution in [0.4, 0.5) is 0 Å². The molecule has 33 heavy (non-hydrogen) atoms. The second-order valence-electron chi connectivity index (χ2n) is 7.00. The van der Waals surface area contributed by atoms with Crippen molar-refractivity contribution in [2.24, 2.45) is 0 Å². The van der Waals surface area contributed by atoms with E-state index in [9.17, 15) is 35.5 Å². The molecule has 0 atom stereocenters. The first kappa shape index (κ1) is 27.4. The van der Waals surface area contributed by atoms with Crippen LogP contribution in [0.25, 0.3) is 11.1 Å². The number of carbonyl (C=O) groups is 2. The molecule has 10 nitrogen and oxygen atoms in total. The van der Waals surface area contributed by atoms with Crippen LogP contribution in [0, 0.1) is 0 Å². The number of carbonyl (C=O) groups excluding carboxylic acids is 2. The van der Waals surface area contributed by atoms with Gasteiger partial charge in [-0.05, 0) is 0 Å². The summed E-state index contributed by atoms with van der Waals surface area (Å²) in [6.45, 7) is 3.06. The van der Waals surface area contributed by atoms with Gasteiger partial charge in [0.1, 0.15) is 0 Å². The quantitative estimate of drug-likeness (QED) is 0.290. The zero-order chi connectivity index (χ0) is 25.0. The number of benzene rings is 2. The second kappa shape index (κ2) is 11.1. The molecule has 0 aliphatic heterocycles. The third-order valence-electron chi connectivity index (χ3n) is 4.51. The van der Waals surface area contributed by atoms with Gasteiger partial charge < -0.3 is 0 Å². The average molecular weight is 509 g/mol. The predicted molar refractivity (Wildman–Crippen MR) is 118 cm³/mol. The number of hydrogen-bond acceptors (Lipinski definition) is 8. The fourth-order valence-electron chi connectivity index (χ4n) is 3.26. The van der Waals surface area contributed by atoms with Gasteiger partial charge in [-0.1, -0.05) is 0 Å². The minimum absolute atomic E-state index is 0.0454. The Morgan fingerprint density at radius 1 is 0.818 bits per heavy atom. The molecule has 174 valence electrons. The van der Waals surface area contributed by atoms with Crippen molar-refractivity contribution in [1.29, 1.82) is 0 Å². The maximum atomic E-state index is 13.0. The number of esters is 2. The zero-order valence-corrected chi connectivity index (χ0v) is 21.8. The molecule has 2 rings (SSSR count). The molecule has 0 aliphatic rings. The molecule has 0 amide bonds. The van der Waals surface area contributed by atoms with E-state index in [0.717, 1.165) is 0 Å². The average Bonchev–Trinajstić information content (AvgIpc) is 2.73. The van der Waals surface area contributed by atoms with E-state index in [-0.39, 0.29) is 49.5 Å². The first-order chi connectivity index (χ1) is 15.4. The van der Waals surface area contributed by atoms with Crippen molar-refractivity contribution in [3.05, 3.63) is 41.5 Å². The summed E-state index contributed by atoms with van der Waals surface area (Å²) in [6.07, 6.45) is 0.713. The Morgan fingerprint density at radius 3 is 1.70 bits per heavy atom. The van der Waals surface area contributed by atoms with Gasteiger partial charge in [0, 0.05) is 0 Å². The summed E-state index contributed by atoms with van der Waals surface area (Å²) in [5, 5.41) is 0. The van der Waals surface area contributed by atoms with Crippen molar-refractivity contribution in [2.45, 2.75) is 36.5 Å². The van der Waals surface area contributed by atoms with E-state index in [1.165, 1.54) is 24.3 Å². The number of rotatable bonds is 9. The summed E-state index contributed by atoms with van der Waals surface area (Å²) in [4.78, 5) is 23.9. The van der Waals surface area contributed by atoms with Crippen molar-refractivity contribution in [3.63, 3.8) is 0 Å². The fourth-order valence-corrected chi connectivity index (χ4v) is 6.82. The van der Waals surface area contributed by atoms with E-state index in [1.807, 2.05) is 0 Å². The minimum atomic E-state index is -5.28. The first-order valence-electron chi connectivity index (χ1n) is 9.91. The Morgan fingerprint density at radius 2 is 1.27 bits per heavy atom. The van der Waals surface area contributed by atoms with E-state index in [0.29, 0.717) is 12.8 Å². The molecule has 2 aromatic rings. The van der Waals surface area contributed by atoms with Crippen molar-refractivity contribution in [3.8, 4) is 11.1 Å². The SMILES string of the molecule is CCCOC(=O)c1[c]([Na])c(S(=O)(=O)O)c(-c2ccccc2)c(C(=O)OCCC)c1S(=O)(=O)O. The molecule has 0 heterocycles. The Hall–Kier alpha value is -1.80. The normalized spacial score (nSPS) is 11.8. The van der Waals surface area contributed by atoms with Gasteiger partial charge >= 0.3 is 210 Å². The molecule has 0 saturated carbocycles. The predicted octanol–water partition coefficient (Wildman–Crippen LogP) is 1.77. The van der Waals surface area contributed by atoms with Crippen LogP contribution in [0.2, 0.25) is 0 Å². The fraction of sp³-hybridized carbons (Fsp3) is 0.300. The standard InChI is InChI=1S/C20H21O10S2.Na/c1-3-10-29-19(21)14-12-15(31(23,24)25)16(13-8-6-5-7-9-13)17(18(14)32(26,27)28)20(22)30-11-4-2;/h5-9H,3-4,10-11H2,1-2H3,(H,23,24,25)(H,26,27,28);. The van der Waals surface area contributed by atoms with Gasteiger partial charge in [0.25, 0.3) is 0 Å². The molecular formula is C20H21NaO10S2. The van der Waals surface area contributed by atoms with Crippen LogP contribution in [0.3, 0.4) is 0 Å². The summed E-state index contributed by atoms with van der Waals surface area (Å²) >= 11 is -0.274. The van der Waals surface area contributed by atoms with E-state index < -0.39 is 58.7 Å². The third-order valence-corrected chi connectivity index (χ3v) is 7.82. The Labute approximate surface area is 209 Å². The maximum absolute atomic E-state index is 13.0. The summed E-state index contributed by atoms with van der Waals surface area (Å²) in [5.74, 6) is -2.55. The molecule has 0 saturated heterocycles. The molecule has 2 N–H and O–H groups in total. The molecule has 0 spiro atoms. The molecule has 0 unspecified atom stereocenters. The van der Waals surface area contributed by atoms with Crippen LogP contribution in [0.1, 0.15) is 47.4 Å². The van der Waals surface area contributed by atoms with Gasteiger partial charge in [-0.2, -0.15) is 0 Å². The van der Waals surface area contributed by atoms with Crippen LogP contribution in [-0.4, -0.2) is 79.0 Å². The Bertz CT molecular complexity index is 1270. The molecule has 2 aromatic carbocycles. The van der Waals surface area contributed by atoms with Gasteiger partial charge in [-0.25, -0.2) is 0 Å². The second-order valence-corrected chi connectivity index (χ2v) is 10.7. The van der Waals surface area contributed by atoms with E-state index in [1.54, 1.807) is 19.9 Å². The summed E-state index contributed by atoms with van der Waals surface area (Å²) < 4.78 is 79.6. The van der Waals surface area contributed by atoms with Crippen LogP contribution in [0.5, 0.6) is 0 Å². The molecule has 0 aromatic heterocycles. The number of ether oxygens (including phenoxy) is 2. The molecular weight excluding hydrogens is 487 g/mol. The Kier molecular flexibility index (Phi) is 9.22. The molecule has 13 heteroatoms. The van der Waals surface area contributed by atoms with Gasteiger partial charge in [0.2, 0.25) is 0 Å². The van der Waals surface area contributed by atoms with Crippen molar-refractivity contribution in [1.82, 2.24) is 0 Å². The first-order valence-corrected chi connectivity index (χ1v) is 13.8. The van der Waals surface area contributed by atoms with E-state index >= 15 is 0 Å². The van der Waals surface area contributed by atoms with Gasteiger partial charge in [-0.3, -0.25) is 0 Å². The number of hydrogen-bond donors (Lipinski definition) is 2.